The lowest BCUT2D eigenvalue weighted by molar-refractivity contribution is -0.156. The third-order valence-corrected chi connectivity index (χ3v) is 4.41. The van der Waals surface area contributed by atoms with Crippen LogP contribution in [0.5, 0.6) is 0 Å². The van der Waals surface area contributed by atoms with Gasteiger partial charge in [-0.1, -0.05) is 90.4 Å². The molecule has 0 bridgehead atoms. The summed E-state index contributed by atoms with van der Waals surface area (Å²) in [5.41, 5.74) is 0. The van der Waals surface area contributed by atoms with Crippen LogP contribution >= 0.6 is 0 Å². The van der Waals surface area contributed by atoms with Gasteiger partial charge in [0.2, 0.25) is 0 Å². The van der Waals surface area contributed by atoms with Gasteiger partial charge in [-0.25, -0.2) is 4.79 Å². The molecular weight excluding hydrogens is 292 g/mol. The maximum Gasteiger partial charge on any atom is 0.337 e. The van der Waals surface area contributed by atoms with Crippen molar-refractivity contribution in [1.82, 2.24) is 0 Å². The summed E-state index contributed by atoms with van der Waals surface area (Å²) in [7, 11) is 1.21. The number of carbonyl (C=O) groups is 1. The zero-order valence-electron chi connectivity index (χ0n) is 15.3. The van der Waals surface area contributed by atoms with Gasteiger partial charge in [-0.05, 0) is 6.42 Å². The molecule has 0 saturated heterocycles. The molecule has 4 heteroatoms. The van der Waals surface area contributed by atoms with Crippen LogP contribution in [0.4, 0.5) is 0 Å². The van der Waals surface area contributed by atoms with Crippen LogP contribution in [-0.2, 0) is 9.53 Å². The predicted molar refractivity (Wildman–Crippen MR) is 94.3 cm³/mol. The van der Waals surface area contributed by atoms with Crippen LogP contribution < -0.4 is 0 Å². The van der Waals surface area contributed by atoms with Gasteiger partial charge in [0.25, 0.3) is 0 Å². The Morgan fingerprint density at radius 1 is 0.783 bits per heavy atom. The van der Waals surface area contributed by atoms with Gasteiger partial charge in [-0.15, -0.1) is 0 Å². The molecule has 0 aromatic carbocycles. The molecule has 0 unspecified atom stereocenters. The second-order valence-corrected chi connectivity index (χ2v) is 6.57. The molecule has 0 radical (unpaired) electrons. The van der Waals surface area contributed by atoms with Crippen LogP contribution in [0, 0.1) is 0 Å². The summed E-state index contributed by atoms with van der Waals surface area (Å²) in [6, 6.07) is 0. The molecule has 0 rings (SSSR count). The van der Waals surface area contributed by atoms with Gasteiger partial charge < -0.3 is 14.9 Å². The lowest BCUT2D eigenvalue weighted by Crippen LogP contribution is -2.34. The van der Waals surface area contributed by atoms with Crippen LogP contribution in [0.1, 0.15) is 96.8 Å². The summed E-state index contributed by atoms with van der Waals surface area (Å²) in [6.07, 6.45) is 14.6. The van der Waals surface area contributed by atoms with Crippen molar-refractivity contribution in [3.63, 3.8) is 0 Å². The van der Waals surface area contributed by atoms with Crippen molar-refractivity contribution >= 4 is 5.97 Å². The first kappa shape index (κ1) is 22.4. The van der Waals surface area contributed by atoms with E-state index in [1.807, 2.05) is 0 Å². The number of unbranched alkanes of at least 4 members (excludes halogenated alkanes) is 12. The lowest BCUT2D eigenvalue weighted by Gasteiger charge is -2.15. The molecule has 2 atom stereocenters. The summed E-state index contributed by atoms with van der Waals surface area (Å²) >= 11 is 0. The molecule has 23 heavy (non-hydrogen) atoms. The minimum absolute atomic E-state index is 0.452. The zero-order chi connectivity index (χ0) is 17.3. The van der Waals surface area contributed by atoms with Crippen molar-refractivity contribution in [2.45, 2.75) is 109 Å². The quantitative estimate of drug-likeness (QED) is 0.326. The average molecular weight is 331 g/mol. The van der Waals surface area contributed by atoms with E-state index in [0.29, 0.717) is 6.42 Å². The highest BCUT2D eigenvalue weighted by Crippen LogP contribution is 2.14. The van der Waals surface area contributed by atoms with Gasteiger partial charge in [0.1, 0.15) is 0 Å². The maximum atomic E-state index is 11.1. The Hall–Kier alpha value is -0.610. The molecule has 0 saturated carbocycles. The fraction of sp³-hybridized carbons (Fsp3) is 0.947. The number of ether oxygens (including phenoxy) is 1. The molecular formula is C19H38O4. The highest BCUT2D eigenvalue weighted by atomic mass is 16.5. The van der Waals surface area contributed by atoms with Crippen LogP contribution in [-0.4, -0.2) is 35.5 Å². The lowest BCUT2D eigenvalue weighted by atomic mass is 10.0. The minimum Gasteiger partial charge on any atom is -0.467 e. The van der Waals surface area contributed by atoms with E-state index in [4.69, 9.17) is 0 Å². The maximum absolute atomic E-state index is 11.1. The highest BCUT2D eigenvalue weighted by Gasteiger charge is 2.24. The van der Waals surface area contributed by atoms with E-state index in [0.717, 1.165) is 19.3 Å². The van der Waals surface area contributed by atoms with Crippen molar-refractivity contribution in [3.05, 3.63) is 0 Å². The van der Waals surface area contributed by atoms with E-state index in [2.05, 4.69) is 11.7 Å². The Bertz CT molecular complexity index is 268. The van der Waals surface area contributed by atoms with Gasteiger partial charge >= 0.3 is 5.97 Å². The Morgan fingerprint density at radius 3 is 1.57 bits per heavy atom. The number of esters is 1. The minimum atomic E-state index is -1.41. The van der Waals surface area contributed by atoms with E-state index in [1.165, 1.54) is 71.3 Å². The first-order chi connectivity index (χ1) is 11.1. The SMILES string of the molecule is CCCCCCCCCCCCCCC[C@@H](O)[C@H](O)C(=O)OC. The Labute approximate surface area is 142 Å². The predicted octanol–water partition coefficient (Wildman–Crippen LogP) is 4.36. The third kappa shape index (κ3) is 13.5. The summed E-state index contributed by atoms with van der Waals surface area (Å²) in [4.78, 5) is 11.1. The number of hydrogen-bond acceptors (Lipinski definition) is 4. The number of methoxy groups -OCH3 is 1. The number of aliphatic hydroxyl groups is 2. The first-order valence-electron chi connectivity index (χ1n) is 9.57. The van der Waals surface area contributed by atoms with E-state index in [1.54, 1.807) is 0 Å². The molecule has 0 aliphatic rings. The van der Waals surface area contributed by atoms with Gasteiger partial charge in [0.15, 0.2) is 6.10 Å². The number of aliphatic hydroxyl groups excluding tert-OH is 2. The van der Waals surface area contributed by atoms with E-state index >= 15 is 0 Å². The molecule has 0 aromatic rings. The highest BCUT2D eigenvalue weighted by molar-refractivity contribution is 5.74. The van der Waals surface area contributed by atoms with Crippen molar-refractivity contribution < 1.29 is 19.7 Å². The molecule has 0 aromatic heterocycles. The molecule has 0 spiro atoms. The molecule has 2 N–H and O–H groups in total. The molecule has 0 aliphatic carbocycles. The second kappa shape index (κ2) is 16.3. The Balaban J connectivity index is 3.26. The molecule has 138 valence electrons. The summed E-state index contributed by atoms with van der Waals surface area (Å²) in [6.45, 7) is 2.25. The molecule has 4 nitrogen and oxygen atoms in total. The Kier molecular flexibility index (Phi) is 15.8. The van der Waals surface area contributed by atoms with Crippen molar-refractivity contribution in [1.29, 1.82) is 0 Å². The summed E-state index contributed by atoms with van der Waals surface area (Å²) in [5.74, 6) is -0.757. The molecule has 0 amide bonds. The third-order valence-electron chi connectivity index (χ3n) is 4.41. The largest absolute Gasteiger partial charge is 0.467 e. The topological polar surface area (TPSA) is 66.8 Å². The summed E-state index contributed by atoms with van der Waals surface area (Å²) in [5, 5.41) is 19.1. The molecule has 0 heterocycles. The summed E-state index contributed by atoms with van der Waals surface area (Å²) < 4.78 is 4.40. The first-order valence-corrected chi connectivity index (χ1v) is 9.57. The van der Waals surface area contributed by atoms with Crippen LogP contribution in [0.25, 0.3) is 0 Å². The second-order valence-electron chi connectivity index (χ2n) is 6.57. The van der Waals surface area contributed by atoms with Crippen LogP contribution in [0.3, 0.4) is 0 Å². The van der Waals surface area contributed by atoms with Crippen molar-refractivity contribution in [3.8, 4) is 0 Å². The molecule has 0 aliphatic heterocycles. The number of carbonyl (C=O) groups excluding carboxylic acids is 1. The smallest absolute Gasteiger partial charge is 0.337 e. The van der Waals surface area contributed by atoms with Gasteiger partial charge in [0, 0.05) is 0 Å². The fourth-order valence-electron chi connectivity index (χ4n) is 2.81. The molecule has 0 fully saturated rings. The van der Waals surface area contributed by atoms with Gasteiger partial charge in [0.05, 0.1) is 13.2 Å². The van der Waals surface area contributed by atoms with Crippen molar-refractivity contribution in [2.24, 2.45) is 0 Å². The van der Waals surface area contributed by atoms with E-state index in [-0.39, 0.29) is 0 Å². The van der Waals surface area contributed by atoms with E-state index in [9.17, 15) is 15.0 Å². The van der Waals surface area contributed by atoms with Gasteiger partial charge in [-0.2, -0.15) is 0 Å². The van der Waals surface area contributed by atoms with Crippen LogP contribution in [0.15, 0.2) is 0 Å². The average Bonchev–Trinajstić information content (AvgIpc) is 2.57. The van der Waals surface area contributed by atoms with Gasteiger partial charge in [-0.3, -0.25) is 0 Å². The zero-order valence-corrected chi connectivity index (χ0v) is 15.3. The van der Waals surface area contributed by atoms with Crippen LogP contribution in [0.2, 0.25) is 0 Å². The fourth-order valence-corrected chi connectivity index (χ4v) is 2.81. The van der Waals surface area contributed by atoms with Crippen molar-refractivity contribution in [2.75, 3.05) is 7.11 Å². The number of hydrogen-bond donors (Lipinski definition) is 2. The Morgan fingerprint density at radius 2 is 1.17 bits per heavy atom. The monoisotopic (exact) mass is 330 g/mol. The number of rotatable bonds is 16. The normalized spacial score (nSPS) is 13.7. The van der Waals surface area contributed by atoms with E-state index < -0.39 is 18.2 Å². The standard InChI is InChI=1S/C19H38O4/c1-3-4-5-6-7-8-9-10-11-12-13-14-15-16-17(20)18(21)19(22)23-2/h17-18,20-21H,3-16H2,1-2H3/t17-,18+/m1/s1.